The summed E-state index contributed by atoms with van der Waals surface area (Å²) in [5.41, 5.74) is 0.749. The maximum absolute atomic E-state index is 13.7. The molecule has 1 heterocycles. The monoisotopic (exact) mass is 264 g/mol. The molecule has 0 spiro atoms. The van der Waals surface area contributed by atoms with Gasteiger partial charge in [0, 0.05) is 18.7 Å². The van der Waals surface area contributed by atoms with Crippen LogP contribution in [-0.2, 0) is 11.5 Å². The van der Waals surface area contributed by atoms with E-state index < -0.39 is 5.92 Å². The summed E-state index contributed by atoms with van der Waals surface area (Å²) >= 11 is 0. The van der Waals surface area contributed by atoms with Crippen molar-refractivity contribution < 1.29 is 8.78 Å². The lowest BCUT2D eigenvalue weighted by molar-refractivity contribution is 0.0122. The van der Waals surface area contributed by atoms with Crippen LogP contribution in [0.1, 0.15) is 33.4 Å². The normalized spacial score (nSPS) is 12.7. The topological polar surface area (TPSA) is 17.8 Å². The molecule has 0 aliphatic carbocycles. The highest BCUT2D eigenvalue weighted by molar-refractivity contribution is 5.66. The second kappa shape index (κ2) is 4.44. The molecule has 0 aliphatic rings. The number of aromatic nitrogens is 2. The highest BCUT2D eigenvalue weighted by Crippen LogP contribution is 2.35. The molecule has 0 unspecified atom stereocenters. The average molecular weight is 264 g/mol. The number of hydrogen-bond donors (Lipinski definition) is 0. The summed E-state index contributed by atoms with van der Waals surface area (Å²) in [4.78, 5) is 0. The maximum atomic E-state index is 13.7. The summed E-state index contributed by atoms with van der Waals surface area (Å²) < 4.78 is 29.1. The van der Waals surface area contributed by atoms with Crippen molar-refractivity contribution >= 4 is 0 Å². The van der Waals surface area contributed by atoms with Crippen molar-refractivity contribution in [2.45, 2.75) is 39.2 Å². The Morgan fingerprint density at radius 2 is 1.58 bits per heavy atom. The van der Waals surface area contributed by atoms with Gasteiger partial charge in [-0.1, -0.05) is 30.3 Å². The van der Waals surface area contributed by atoms with E-state index >= 15 is 0 Å². The summed E-state index contributed by atoms with van der Waals surface area (Å²) in [5.74, 6) is -2.96. The van der Waals surface area contributed by atoms with Gasteiger partial charge in [-0.2, -0.15) is 13.9 Å². The van der Waals surface area contributed by atoms with Crippen molar-refractivity contribution in [1.82, 2.24) is 9.78 Å². The van der Waals surface area contributed by atoms with E-state index in [9.17, 15) is 8.78 Å². The van der Waals surface area contributed by atoms with Gasteiger partial charge in [-0.25, -0.2) is 0 Å². The van der Waals surface area contributed by atoms with Crippen LogP contribution in [0.15, 0.2) is 36.5 Å². The molecule has 2 rings (SSSR count). The summed E-state index contributed by atoms with van der Waals surface area (Å²) in [5, 5.41) is 4.10. The van der Waals surface area contributed by atoms with E-state index in [1.54, 1.807) is 10.9 Å². The molecule has 4 heteroatoms. The zero-order valence-electron chi connectivity index (χ0n) is 11.6. The van der Waals surface area contributed by atoms with Crippen LogP contribution in [0.3, 0.4) is 0 Å². The van der Waals surface area contributed by atoms with Crippen LogP contribution in [0.5, 0.6) is 0 Å². The third-order valence-corrected chi connectivity index (χ3v) is 2.90. The van der Waals surface area contributed by atoms with Crippen LogP contribution in [0.4, 0.5) is 8.78 Å². The zero-order valence-corrected chi connectivity index (χ0v) is 11.6. The quantitative estimate of drug-likeness (QED) is 0.785. The molecular formula is C15H18F2N2. The summed E-state index contributed by atoms with van der Waals surface area (Å²) in [6.07, 6.45) is 1.70. The number of rotatable bonds is 2. The molecule has 102 valence electrons. The molecule has 19 heavy (non-hydrogen) atoms. The number of benzene rings is 1. The third kappa shape index (κ3) is 2.83. The molecule has 0 saturated carbocycles. The highest BCUT2D eigenvalue weighted by atomic mass is 19.3. The lowest BCUT2D eigenvalue weighted by atomic mass is 10.0. The van der Waals surface area contributed by atoms with Crippen molar-refractivity contribution in [3.63, 3.8) is 0 Å². The Labute approximate surface area is 112 Å². The van der Waals surface area contributed by atoms with Gasteiger partial charge in [-0.15, -0.1) is 0 Å². The molecule has 2 nitrogen and oxygen atoms in total. The Bertz CT molecular complexity index is 560. The Kier molecular flexibility index (Phi) is 3.20. The molecule has 0 N–H and O–H groups in total. The van der Waals surface area contributed by atoms with E-state index in [-0.39, 0.29) is 11.2 Å². The lowest BCUT2D eigenvalue weighted by Crippen LogP contribution is -2.23. The SMILES string of the molecule is CC(F)(F)c1nn(C(C)(C)C)cc1-c1ccccc1. The van der Waals surface area contributed by atoms with Crippen LogP contribution in [-0.4, -0.2) is 9.78 Å². The molecule has 1 aromatic heterocycles. The van der Waals surface area contributed by atoms with E-state index in [1.165, 1.54) is 0 Å². The van der Waals surface area contributed by atoms with Crippen LogP contribution in [0, 0.1) is 0 Å². The Morgan fingerprint density at radius 1 is 1.00 bits per heavy atom. The zero-order chi connectivity index (χ0) is 14.3. The van der Waals surface area contributed by atoms with Gasteiger partial charge in [0.15, 0.2) is 0 Å². The average Bonchev–Trinajstić information content (AvgIpc) is 2.74. The summed E-state index contributed by atoms with van der Waals surface area (Å²) in [6.45, 7) is 6.69. The first kappa shape index (κ1) is 13.7. The molecular weight excluding hydrogens is 246 g/mol. The second-order valence-electron chi connectivity index (χ2n) is 5.76. The number of hydrogen-bond acceptors (Lipinski definition) is 1. The smallest absolute Gasteiger partial charge is 0.266 e. The number of halogens is 2. The van der Waals surface area contributed by atoms with Gasteiger partial charge in [0.05, 0.1) is 5.54 Å². The highest BCUT2D eigenvalue weighted by Gasteiger charge is 2.33. The van der Waals surface area contributed by atoms with E-state index in [1.807, 2.05) is 51.1 Å². The van der Waals surface area contributed by atoms with Crippen LogP contribution < -0.4 is 0 Å². The van der Waals surface area contributed by atoms with Crippen molar-refractivity contribution in [3.05, 3.63) is 42.2 Å². The Morgan fingerprint density at radius 3 is 2.05 bits per heavy atom. The maximum Gasteiger partial charge on any atom is 0.289 e. The predicted octanol–water partition coefficient (Wildman–Crippen LogP) is 4.42. The van der Waals surface area contributed by atoms with Gasteiger partial charge < -0.3 is 0 Å². The van der Waals surface area contributed by atoms with E-state index in [2.05, 4.69) is 5.10 Å². The molecule has 0 amide bonds. The molecule has 2 aromatic rings. The minimum atomic E-state index is -2.96. The van der Waals surface area contributed by atoms with Crippen molar-refractivity contribution in [3.8, 4) is 11.1 Å². The van der Waals surface area contributed by atoms with Gasteiger partial charge in [0.1, 0.15) is 5.69 Å². The third-order valence-electron chi connectivity index (χ3n) is 2.90. The molecule has 0 radical (unpaired) electrons. The fourth-order valence-electron chi connectivity index (χ4n) is 1.87. The second-order valence-corrected chi connectivity index (χ2v) is 5.76. The van der Waals surface area contributed by atoms with Crippen molar-refractivity contribution in [2.24, 2.45) is 0 Å². The molecule has 0 atom stereocenters. The van der Waals surface area contributed by atoms with Crippen LogP contribution in [0.25, 0.3) is 11.1 Å². The Balaban J connectivity index is 2.63. The van der Waals surface area contributed by atoms with E-state index in [4.69, 9.17) is 0 Å². The van der Waals surface area contributed by atoms with E-state index in [0.717, 1.165) is 12.5 Å². The molecule has 0 fully saturated rings. The van der Waals surface area contributed by atoms with E-state index in [0.29, 0.717) is 5.56 Å². The predicted molar refractivity (Wildman–Crippen MR) is 72.2 cm³/mol. The fraction of sp³-hybridized carbons (Fsp3) is 0.400. The first-order chi connectivity index (χ1) is 8.69. The first-order valence-corrected chi connectivity index (χ1v) is 6.23. The summed E-state index contributed by atoms with van der Waals surface area (Å²) in [7, 11) is 0. The number of nitrogens with zero attached hydrogens (tertiary/aromatic N) is 2. The van der Waals surface area contributed by atoms with Gasteiger partial charge in [-0.3, -0.25) is 4.68 Å². The number of alkyl halides is 2. The Hall–Kier alpha value is -1.71. The molecule has 0 aliphatic heterocycles. The van der Waals surface area contributed by atoms with Crippen LogP contribution >= 0.6 is 0 Å². The first-order valence-electron chi connectivity index (χ1n) is 6.23. The minimum absolute atomic E-state index is 0.173. The van der Waals surface area contributed by atoms with Gasteiger partial charge in [0.2, 0.25) is 0 Å². The van der Waals surface area contributed by atoms with Crippen molar-refractivity contribution in [1.29, 1.82) is 0 Å². The van der Waals surface area contributed by atoms with Gasteiger partial charge in [-0.05, 0) is 26.3 Å². The molecule has 0 bridgehead atoms. The van der Waals surface area contributed by atoms with Gasteiger partial charge in [0.25, 0.3) is 5.92 Å². The van der Waals surface area contributed by atoms with Crippen molar-refractivity contribution in [2.75, 3.05) is 0 Å². The minimum Gasteiger partial charge on any atom is -0.266 e. The van der Waals surface area contributed by atoms with Crippen LogP contribution in [0.2, 0.25) is 0 Å². The largest absolute Gasteiger partial charge is 0.289 e. The standard InChI is InChI=1S/C15H18F2N2/c1-14(2,3)19-10-12(11-8-6-5-7-9-11)13(18-19)15(4,16)17/h5-10H,1-4H3. The fourth-order valence-corrected chi connectivity index (χ4v) is 1.87. The molecule has 0 saturated heterocycles. The van der Waals surface area contributed by atoms with Gasteiger partial charge >= 0.3 is 0 Å². The summed E-state index contributed by atoms with van der Waals surface area (Å²) in [6, 6.07) is 9.17. The lowest BCUT2D eigenvalue weighted by Gasteiger charge is -2.19. The molecule has 1 aromatic carbocycles.